The van der Waals surface area contributed by atoms with Gasteiger partial charge in [0.05, 0.1) is 0 Å². The molecule has 0 saturated carbocycles. The molecule has 1 aromatic heterocycles. The molecule has 3 amide bonds. The number of H-pyrrole nitrogens is 1. The zero-order chi connectivity index (χ0) is 21.7. The highest BCUT2D eigenvalue weighted by Crippen LogP contribution is 2.22. The Balaban J connectivity index is 1.43. The lowest BCUT2D eigenvalue weighted by molar-refractivity contribution is -0.130. The third-order valence-electron chi connectivity index (χ3n) is 5.82. The van der Waals surface area contributed by atoms with E-state index in [1.54, 1.807) is 14.0 Å². The zero-order valence-electron chi connectivity index (χ0n) is 18.3. The lowest BCUT2D eigenvalue weighted by Crippen LogP contribution is -2.43. The van der Waals surface area contributed by atoms with Crippen molar-refractivity contribution in [3.63, 3.8) is 0 Å². The average Bonchev–Trinajstić information content (AvgIpc) is 3.17. The number of aryl methyl sites for hydroxylation is 1. The number of carbonyl (C=O) groups excluding carboxylic acids is 2. The zero-order valence-corrected chi connectivity index (χ0v) is 18.3. The molecule has 1 saturated heterocycles. The van der Waals surface area contributed by atoms with Crippen LogP contribution in [0.25, 0.3) is 10.9 Å². The molecular formula is C22H32N6O2. The molecule has 1 fully saturated rings. The normalized spacial score (nSPS) is 19.5. The van der Waals surface area contributed by atoms with Crippen LogP contribution in [0.2, 0.25) is 0 Å². The van der Waals surface area contributed by atoms with E-state index in [2.05, 4.69) is 51.0 Å². The summed E-state index contributed by atoms with van der Waals surface area (Å²) in [6.45, 7) is 7.53. The van der Waals surface area contributed by atoms with Gasteiger partial charge in [-0.1, -0.05) is 25.1 Å². The van der Waals surface area contributed by atoms with Crippen LogP contribution in [0.4, 0.5) is 4.79 Å². The van der Waals surface area contributed by atoms with Crippen LogP contribution in [-0.4, -0.2) is 60.0 Å². The summed E-state index contributed by atoms with van der Waals surface area (Å²) in [5.74, 6) is 0.565. The molecule has 3 rings (SSSR count). The van der Waals surface area contributed by atoms with Crippen LogP contribution < -0.4 is 16.0 Å². The Morgan fingerprint density at radius 1 is 1.20 bits per heavy atom. The molecule has 0 radical (unpaired) electrons. The molecule has 30 heavy (non-hydrogen) atoms. The second-order valence-electron chi connectivity index (χ2n) is 7.88. The fourth-order valence-corrected chi connectivity index (χ4v) is 3.82. The molecule has 1 aliphatic heterocycles. The lowest BCUT2D eigenvalue weighted by atomic mass is 9.99. The molecule has 8 nitrogen and oxygen atoms in total. The quantitative estimate of drug-likeness (QED) is 0.231. The minimum atomic E-state index is -0.775. The third kappa shape index (κ3) is 4.42. The van der Waals surface area contributed by atoms with Crippen LogP contribution in [0.3, 0.4) is 0 Å². The van der Waals surface area contributed by atoms with Crippen LogP contribution in [0.15, 0.2) is 29.3 Å². The van der Waals surface area contributed by atoms with E-state index in [0.29, 0.717) is 31.9 Å². The van der Waals surface area contributed by atoms with Gasteiger partial charge in [-0.15, -0.1) is 0 Å². The lowest BCUT2D eigenvalue weighted by Gasteiger charge is -2.19. The van der Waals surface area contributed by atoms with Gasteiger partial charge >= 0.3 is 6.03 Å². The fourth-order valence-electron chi connectivity index (χ4n) is 3.82. The monoisotopic (exact) mass is 412 g/mol. The van der Waals surface area contributed by atoms with E-state index in [1.807, 2.05) is 13.0 Å². The number of hydrogen-bond donors (Lipinski definition) is 4. The number of aliphatic imine (C=N–C) groups is 1. The molecule has 4 N–H and O–H groups in total. The number of aromatic amines is 1. The third-order valence-corrected chi connectivity index (χ3v) is 5.82. The van der Waals surface area contributed by atoms with Gasteiger partial charge in [-0.2, -0.15) is 0 Å². The van der Waals surface area contributed by atoms with Gasteiger partial charge in [0.2, 0.25) is 0 Å². The van der Waals surface area contributed by atoms with Gasteiger partial charge < -0.3 is 20.9 Å². The van der Waals surface area contributed by atoms with Gasteiger partial charge in [0.25, 0.3) is 5.91 Å². The Hall–Kier alpha value is -3.03. The first-order valence-electron chi connectivity index (χ1n) is 10.5. The van der Waals surface area contributed by atoms with E-state index in [9.17, 15) is 9.59 Å². The Labute approximate surface area is 177 Å². The highest BCUT2D eigenvalue weighted by Gasteiger charge is 2.45. The molecule has 2 aromatic rings. The number of amides is 3. The van der Waals surface area contributed by atoms with Crippen molar-refractivity contribution in [3.8, 4) is 0 Å². The predicted octanol–water partition coefficient (Wildman–Crippen LogP) is 2.29. The van der Waals surface area contributed by atoms with E-state index < -0.39 is 5.54 Å². The topological polar surface area (TPSA) is 102 Å². The van der Waals surface area contributed by atoms with Crippen molar-refractivity contribution in [2.45, 2.75) is 45.6 Å². The summed E-state index contributed by atoms with van der Waals surface area (Å²) in [4.78, 5) is 33.5. The van der Waals surface area contributed by atoms with E-state index in [1.165, 1.54) is 21.5 Å². The number of carbonyl (C=O) groups is 2. The van der Waals surface area contributed by atoms with Crippen LogP contribution in [0.5, 0.6) is 0 Å². The summed E-state index contributed by atoms with van der Waals surface area (Å²) in [7, 11) is 1.73. The number of fused-ring (bicyclic) bond motifs is 1. The number of urea groups is 1. The van der Waals surface area contributed by atoms with Crippen molar-refractivity contribution in [1.82, 2.24) is 25.8 Å². The molecule has 162 valence electrons. The Kier molecular flexibility index (Phi) is 6.64. The standard InChI is InChI=1S/C22H32N6O2/c1-5-22(3)19(29)28(21(30)27-22)14-8-12-24-20(23-4)25-13-11-16-15(2)26-18-10-7-6-9-17(16)18/h6-7,9-10,26H,5,8,11-14H2,1-4H3,(H,27,30)(H2,23,24,25). The minimum absolute atomic E-state index is 0.147. The predicted molar refractivity (Wildman–Crippen MR) is 120 cm³/mol. The first-order valence-corrected chi connectivity index (χ1v) is 10.5. The second kappa shape index (κ2) is 9.19. The van der Waals surface area contributed by atoms with E-state index in [-0.39, 0.29) is 11.9 Å². The van der Waals surface area contributed by atoms with Crippen molar-refractivity contribution >= 4 is 28.8 Å². The summed E-state index contributed by atoms with van der Waals surface area (Å²) in [5, 5.41) is 10.6. The van der Waals surface area contributed by atoms with E-state index in [0.717, 1.165) is 18.5 Å². The van der Waals surface area contributed by atoms with Gasteiger partial charge in [-0.3, -0.25) is 14.7 Å². The maximum Gasteiger partial charge on any atom is 0.325 e. The molecule has 1 atom stereocenters. The number of hydrogen-bond acceptors (Lipinski definition) is 3. The van der Waals surface area contributed by atoms with Crippen LogP contribution in [-0.2, 0) is 11.2 Å². The summed E-state index contributed by atoms with van der Waals surface area (Å²) >= 11 is 0. The molecule has 2 heterocycles. The summed E-state index contributed by atoms with van der Waals surface area (Å²) in [6, 6.07) is 8.02. The van der Waals surface area contributed by atoms with Crippen molar-refractivity contribution in [2.24, 2.45) is 4.99 Å². The SMILES string of the molecule is CCC1(C)NC(=O)N(CCCNC(=NC)NCCc2c(C)[nH]c3ccccc23)C1=O. The van der Waals surface area contributed by atoms with Gasteiger partial charge in [0.15, 0.2) is 5.96 Å². The maximum atomic E-state index is 12.4. The van der Waals surface area contributed by atoms with Crippen molar-refractivity contribution in [3.05, 3.63) is 35.5 Å². The molecule has 0 bridgehead atoms. The van der Waals surface area contributed by atoms with E-state index >= 15 is 0 Å². The highest BCUT2D eigenvalue weighted by molar-refractivity contribution is 6.06. The minimum Gasteiger partial charge on any atom is -0.358 e. The fraction of sp³-hybridized carbons (Fsp3) is 0.500. The molecule has 0 aliphatic carbocycles. The maximum absolute atomic E-state index is 12.4. The average molecular weight is 413 g/mol. The van der Waals surface area contributed by atoms with Gasteiger partial charge in [0.1, 0.15) is 5.54 Å². The first-order chi connectivity index (χ1) is 14.4. The van der Waals surface area contributed by atoms with Crippen LogP contribution in [0.1, 0.15) is 37.9 Å². The molecule has 0 spiro atoms. The number of rotatable bonds is 8. The van der Waals surface area contributed by atoms with Gasteiger partial charge in [0, 0.05) is 43.3 Å². The van der Waals surface area contributed by atoms with Crippen molar-refractivity contribution in [2.75, 3.05) is 26.7 Å². The second-order valence-corrected chi connectivity index (χ2v) is 7.88. The number of imide groups is 1. The number of nitrogens with one attached hydrogen (secondary N) is 4. The Morgan fingerprint density at radius 3 is 2.63 bits per heavy atom. The number of para-hydroxylation sites is 1. The Bertz CT molecular complexity index is 950. The molecule has 1 aromatic carbocycles. The summed E-state index contributed by atoms with van der Waals surface area (Å²) < 4.78 is 0. The molecular weight excluding hydrogens is 380 g/mol. The van der Waals surface area contributed by atoms with E-state index in [4.69, 9.17) is 0 Å². The van der Waals surface area contributed by atoms with Crippen molar-refractivity contribution < 1.29 is 9.59 Å². The van der Waals surface area contributed by atoms with Crippen LogP contribution >= 0.6 is 0 Å². The number of aromatic nitrogens is 1. The first kappa shape index (κ1) is 21.7. The van der Waals surface area contributed by atoms with Crippen LogP contribution in [0, 0.1) is 6.92 Å². The highest BCUT2D eigenvalue weighted by atomic mass is 16.2. The largest absolute Gasteiger partial charge is 0.358 e. The van der Waals surface area contributed by atoms with Crippen molar-refractivity contribution in [1.29, 1.82) is 0 Å². The van der Waals surface area contributed by atoms with Gasteiger partial charge in [-0.05, 0) is 44.7 Å². The number of benzene rings is 1. The number of nitrogens with zero attached hydrogens (tertiary/aromatic N) is 2. The molecule has 1 unspecified atom stereocenters. The summed E-state index contributed by atoms with van der Waals surface area (Å²) in [5.41, 5.74) is 2.88. The van der Waals surface area contributed by atoms with Gasteiger partial charge in [-0.25, -0.2) is 4.79 Å². The molecule has 8 heteroatoms. The summed E-state index contributed by atoms with van der Waals surface area (Å²) in [6.07, 6.45) is 2.12. The Morgan fingerprint density at radius 2 is 1.93 bits per heavy atom. The molecule has 1 aliphatic rings. The smallest absolute Gasteiger partial charge is 0.325 e. The number of guanidine groups is 1.